The third-order valence-electron chi connectivity index (χ3n) is 3.87. The van der Waals surface area contributed by atoms with Crippen molar-refractivity contribution < 1.29 is 9.53 Å². The predicted molar refractivity (Wildman–Crippen MR) is 68.0 cm³/mol. The van der Waals surface area contributed by atoms with Crippen LogP contribution in [0.25, 0.3) is 0 Å². The van der Waals surface area contributed by atoms with Gasteiger partial charge in [0.25, 0.3) is 11.9 Å². The first kappa shape index (κ1) is 11.3. The van der Waals surface area contributed by atoms with Gasteiger partial charge in [-0.05, 0) is 12.5 Å². The van der Waals surface area contributed by atoms with E-state index in [0.29, 0.717) is 12.6 Å². The van der Waals surface area contributed by atoms with Crippen LogP contribution in [0.5, 0.6) is 0 Å². The van der Waals surface area contributed by atoms with Crippen LogP contribution in [0.15, 0.2) is 35.3 Å². The van der Waals surface area contributed by atoms with E-state index in [-0.39, 0.29) is 23.9 Å². The number of amides is 1. The van der Waals surface area contributed by atoms with Gasteiger partial charge in [-0.3, -0.25) is 4.79 Å². The summed E-state index contributed by atoms with van der Waals surface area (Å²) in [4.78, 5) is 17.9. The first-order valence-electron chi connectivity index (χ1n) is 6.27. The summed E-state index contributed by atoms with van der Waals surface area (Å²) in [6.07, 6.45) is 0. The minimum atomic E-state index is -0.0818. The van der Waals surface area contributed by atoms with Gasteiger partial charge >= 0.3 is 0 Å². The van der Waals surface area contributed by atoms with Crippen molar-refractivity contribution in [2.45, 2.75) is 25.9 Å². The number of nitrogens with zero attached hydrogens (tertiary/aromatic N) is 2. The van der Waals surface area contributed by atoms with E-state index in [1.54, 1.807) is 0 Å². The molecule has 1 saturated heterocycles. The molecule has 1 aromatic carbocycles. The summed E-state index contributed by atoms with van der Waals surface area (Å²) in [6.45, 7) is 4.54. The highest BCUT2D eigenvalue weighted by molar-refractivity contribution is 5.95. The number of benzene rings is 1. The fourth-order valence-electron chi connectivity index (χ4n) is 2.57. The van der Waals surface area contributed by atoms with Crippen molar-refractivity contribution in [1.82, 2.24) is 4.90 Å². The number of carbonyl (C=O) groups is 1. The molecule has 2 aliphatic heterocycles. The molecule has 4 heteroatoms. The minimum Gasteiger partial charge on any atom is -0.462 e. The van der Waals surface area contributed by atoms with E-state index in [0.717, 1.165) is 0 Å². The topological polar surface area (TPSA) is 41.9 Å². The zero-order valence-electron chi connectivity index (χ0n) is 10.5. The lowest BCUT2D eigenvalue weighted by Gasteiger charge is -2.35. The first-order valence-corrected chi connectivity index (χ1v) is 6.27. The van der Waals surface area contributed by atoms with Gasteiger partial charge in [0, 0.05) is 6.04 Å². The van der Waals surface area contributed by atoms with Crippen LogP contribution >= 0.6 is 0 Å². The summed E-state index contributed by atoms with van der Waals surface area (Å²) >= 11 is 0. The quantitative estimate of drug-likeness (QED) is 0.758. The van der Waals surface area contributed by atoms with E-state index in [1.807, 2.05) is 25.1 Å². The van der Waals surface area contributed by atoms with Crippen molar-refractivity contribution in [2.75, 3.05) is 6.61 Å². The standard InChI is InChI=1S/C14H16N2O2/c1-9-10(2)16-12(11-6-4-3-5-7-11)8-18-14(16)15-13(9)17/h3-7,9-10,12H,8H2,1-2H3/t9-,10-,12+/m0/s1. The third kappa shape index (κ3) is 1.60. The number of carbonyl (C=O) groups excluding carboxylic acids is 1. The Morgan fingerprint density at radius 1 is 1.28 bits per heavy atom. The van der Waals surface area contributed by atoms with Crippen LogP contribution in [0.3, 0.4) is 0 Å². The van der Waals surface area contributed by atoms with E-state index in [1.165, 1.54) is 5.56 Å². The second-order valence-electron chi connectivity index (χ2n) is 4.91. The Bertz CT molecular complexity index is 498. The van der Waals surface area contributed by atoms with Gasteiger partial charge in [0.05, 0.1) is 12.0 Å². The molecule has 4 nitrogen and oxygen atoms in total. The molecule has 0 saturated carbocycles. The first-order chi connectivity index (χ1) is 8.68. The Labute approximate surface area is 106 Å². The van der Waals surface area contributed by atoms with Crippen molar-refractivity contribution in [3.8, 4) is 0 Å². The Morgan fingerprint density at radius 2 is 2.00 bits per heavy atom. The Kier molecular flexibility index (Phi) is 2.58. The molecule has 1 fully saturated rings. The fraction of sp³-hybridized carbons (Fsp3) is 0.429. The zero-order chi connectivity index (χ0) is 12.7. The van der Waals surface area contributed by atoms with Crippen molar-refractivity contribution in [1.29, 1.82) is 0 Å². The molecule has 0 spiro atoms. The van der Waals surface area contributed by atoms with Gasteiger partial charge in [0.2, 0.25) is 0 Å². The largest absolute Gasteiger partial charge is 0.462 e. The molecule has 0 bridgehead atoms. The number of aliphatic imine (C=N–C) groups is 1. The molecule has 1 aromatic rings. The van der Waals surface area contributed by atoms with Crippen LogP contribution in [-0.2, 0) is 9.53 Å². The van der Waals surface area contributed by atoms with Gasteiger partial charge in [-0.1, -0.05) is 37.3 Å². The Morgan fingerprint density at radius 3 is 2.72 bits per heavy atom. The van der Waals surface area contributed by atoms with E-state index < -0.39 is 0 Å². The lowest BCUT2D eigenvalue weighted by atomic mass is 9.97. The molecule has 2 heterocycles. The summed E-state index contributed by atoms with van der Waals surface area (Å²) in [7, 11) is 0. The highest BCUT2D eigenvalue weighted by atomic mass is 16.5. The lowest BCUT2D eigenvalue weighted by Crippen LogP contribution is -2.46. The maximum atomic E-state index is 11.7. The van der Waals surface area contributed by atoms with E-state index in [9.17, 15) is 4.79 Å². The second kappa shape index (κ2) is 4.12. The molecule has 0 aromatic heterocycles. The van der Waals surface area contributed by atoms with Gasteiger partial charge < -0.3 is 9.64 Å². The molecular weight excluding hydrogens is 228 g/mol. The SMILES string of the molecule is C[C@@H]1C(=O)N=C2OC[C@H](c3ccccc3)N2[C@H]1C. The van der Waals surface area contributed by atoms with Crippen molar-refractivity contribution in [3.63, 3.8) is 0 Å². The van der Waals surface area contributed by atoms with Crippen LogP contribution in [0, 0.1) is 5.92 Å². The average Bonchev–Trinajstić information content (AvgIpc) is 2.81. The summed E-state index contributed by atoms with van der Waals surface area (Å²) in [5.74, 6) is -0.163. The number of hydrogen-bond acceptors (Lipinski definition) is 3. The van der Waals surface area contributed by atoms with Crippen molar-refractivity contribution in [3.05, 3.63) is 35.9 Å². The number of fused-ring (bicyclic) bond motifs is 1. The molecule has 0 radical (unpaired) electrons. The van der Waals surface area contributed by atoms with Crippen molar-refractivity contribution in [2.24, 2.45) is 10.9 Å². The summed E-state index contributed by atoms with van der Waals surface area (Å²) in [6, 6.07) is 11.0. The molecule has 2 aliphatic rings. The van der Waals surface area contributed by atoms with Gasteiger partial charge in [0.15, 0.2) is 0 Å². The molecule has 18 heavy (non-hydrogen) atoms. The maximum absolute atomic E-state index is 11.7. The van der Waals surface area contributed by atoms with Crippen LogP contribution in [0.2, 0.25) is 0 Å². The number of hydrogen-bond donors (Lipinski definition) is 0. The maximum Gasteiger partial charge on any atom is 0.296 e. The molecular formula is C14H16N2O2. The molecule has 94 valence electrons. The number of amidine groups is 1. The van der Waals surface area contributed by atoms with Gasteiger partial charge in [0.1, 0.15) is 6.61 Å². The average molecular weight is 244 g/mol. The van der Waals surface area contributed by atoms with Gasteiger partial charge in [-0.25, -0.2) is 0 Å². The third-order valence-corrected chi connectivity index (χ3v) is 3.87. The van der Waals surface area contributed by atoms with Gasteiger partial charge in [-0.15, -0.1) is 0 Å². The molecule has 3 atom stereocenters. The molecule has 0 unspecified atom stereocenters. The van der Waals surface area contributed by atoms with Gasteiger partial charge in [-0.2, -0.15) is 4.99 Å². The zero-order valence-corrected chi connectivity index (χ0v) is 10.5. The molecule has 0 N–H and O–H groups in total. The molecule has 3 rings (SSSR count). The summed E-state index contributed by atoms with van der Waals surface area (Å²) in [5.41, 5.74) is 1.20. The summed E-state index contributed by atoms with van der Waals surface area (Å²) in [5, 5.41) is 0. The van der Waals surface area contributed by atoms with E-state index in [2.05, 4.69) is 28.9 Å². The Hall–Kier alpha value is -1.84. The van der Waals surface area contributed by atoms with Crippen LogP contribution < -0.4 is 0 Å². The van der Waals surface area contributed by atoms with Crippen LogP contribution in [0.4, 0.5) is 0 Å². The fourth-order valence-corrected chi connectivity index (χ4v) is 2.57. The second-order valence-corrected chi connectivity index (χ2v) is 4.91. The van der Waals surface area contributed by atoms with E-state index >= 15 is 0 Å². The lowest BCUT2D eigenvalue weighted by molar-refractivity contribution is -0.123. The van der Waals surface area contributed by atoms with Crippen molar-refractivity contribution >= 4 is 11.9 Å². The van der Waals surface area contributed by atoms with E-state index in [4.69, 9.17) is 4.74 Å². The Balaban J connectivity index is 1.97. The molecule has 1 amide bonds. The highest BCUT2D eigenvalue weighted by Gasteiger charge is 2.43. The van der Waals surface area contributed by atoms with Crippen LogP contribution in [0.1, 0.15) is 25.5 Å². The number of ether oxygens (including phenoxy) is 1. The monoisotopic (exact) mass is 244 g/mol. The highest BCUT2D eigenvalue weighted by Crippen LogP contribution is 2.34. The predicted octanol–water partition coefficient (Wildman–Crippen LogP) is 1.98. The summed E-state index contributed by atoms with van der Waals surface area (Å²) < 4.78 is 5.57. The molecule has 0 aliphatic carbocycles. The number of rotatable bonds is 1. The minimum absolute atomic E-state index is 0.0811. The van der Waals surface area contributed by atoms with Crippen LogP contribution in [-0.4, -0.2) is 29.5 Å². The smallest absolute Gasteiger partial charge is 0.296 e. The normalized spacial score (nSPS) is 30.8.